The molecular formula is C15H20IN3O. The summed E-state index contributed by atoms with van der Waals surface area (Å²) in [5.74, 6) is 1.52. The Kier molecular flexibility index (Phi) is 4.28. The minimum absolute atomic E-state index is 0.0916. The number of benzene rings is 1. The summed E-state index contributed by atoms with van der Waals surface area (Å²) in [6, 6.07) is 8.38. The summed E-state index contributed by atoms with van der Waals surface area (Å²) in [7, 11) is 0. The first kappa shape index (κ1) is 14.3. The molecule has 0 spiro atoms. The van der Waals surface area contributed by atoms with Gasteiger partial charge in [0.25, 0.3) is 0 Å². The first-order valence-electron chi connectivity index (χ1n) is 7.14. The molecule has 3 rings (SSSR count). The summed E-state index contributed by atoms with van der Waals surface area (Å²) in [6.45, 7) is 5.98. The molecule has 2 heterocycles. The second-order valence-corrected chi connectivity index (χ2v) is 6.94. The van der Waals surface area contributed by atoms with E-state index in [-0.39, 0.29) is 5.91 Å². The lowest BCUT2D eigenvalue weighted by atomic mass is 9.95. The molecule has 0 saturated carbocycles. The van der Waals surface area contributed by atoms with Crippen LogP contribution in [0.2, 0.25) is 0 Å². The molecule has 2 saturated heterocycles. The van der Waals surface area contributed by atoms with E-state index in [2.05, 4.69) is 45.0 Å². The average Bonchev–Trinajstić information content (AvgIpc) is 2.97. The van der Waals surface area contributed by atoms with Gasteiger partial charge in [-0.1, -0.05) is 12.1 Å². The lowest BCUT2D eigenvalue weighted by Crippen LogP contribution is -2.39. The van der Waals surface area contributed by atoms with Crippen molar-refractivity contribution in [3.63, 3.8) is 0 Å². The molecule has 0 aliphatic carbocycles. The number of halogens is 1. The Morgan fingerprint density at radius 3 is 3.00 bits per heavy atom. The maximum absolute atomic E-state index is 12.2. The van der Waals surface area contributed by atoms with Gasteiger partial charge in [0.2, 0.25) is 5.91 Å². The van der Waals surface area contributed by atoms with Crippen molar-refractivity contribution in [3.05, 3.63) is 27.8 Å². The Labute approximate surface area is 133 Å². The van der Waals surface area contributed by atoms with Crippen molar-refractivity contribution in [2.45, 2.75) is 13.0 Å². The highest BCUT2D eigenvalue weighted by Gasteiger charge is 2.42. The predicted octanol–water partition coefficient (Wildman–Crippen LogP) is 1.77. The molecule has 4 nitrogen and oxygen atoms in total. The number of carbonyl (C=O) groups excluding carboxylic acids is 1. The topological polar surface area (TPSA) is 44.4 Å². The van der Waals surface area contributed by atoms with Crippen LogP contribution in [0.5, 0.6) is 0 Å². The molecule has 20 heavy (non-hydrogen) atoms. The molecule has 5 heteroatoms. The van der Waals surface area contributed by atoms with E-state index < -0.39 is 0 Å². The molecule has 1 amide bonds. The van der Waals surface area contributed by atoms with Gasteiger partial charge in [0.15, 0.2) is 0 Å². The molecule has 0 radical (unpaired) electrons. The standard InChI is InChI=1S/C15H20IN3O/c1-10-12-7-17-6-11(12)8-19(10)9-15(20)18-14-5-3-2-4-13(14)16/h2-5,10-12,17H,6-9H2,1H3,(H,18,20). The SMILES string of the molecule is CC1C2CNCC2CN1CC(=O)Nc1ccccc1I. The number of nitrogens with zero attached hydrogens (tertiary/aromatic N) is 1. The van der Waals surface area contributed by atoms with Crippen molar-refractivity contribution in [2.24, 2.45) is 11.8 Å². The van der Waals surface area contributed by atoms with Gasteiger partial charge in [-0.05, 0) is 66.6 Å². The van der Waals surface area contributed by atoms with Gasteiger partial charge in [0.1, 0.15) is 0 Å². The minimum atomic E-state index is 0.0916. The Hall–Kier alpha value is -0.660. The Balaban J connectivity index is 1.59. The maximum Gasteiger partial charge on any atom is 0.238 e. The zero-order valence-electron chi connectivity index (χ0n) is 11.6. The average molecular weight is 385 g/mol. The van der Waals surface area contributed by atoms with Gasteiger partial charge in [0, 0.05) is 16.2 Å². The van der Waals surface area contributed by atoms with E-state index in [1.165, 1.54) is 0 Å². The number of amides is 1. The molecule has 0 bridgehead atoms. The fourth-order valence-corrected chi connectivity index (χ4v) is 3.92. The highest BCUT2D eigenvalue weighted by molar-refractivity contribution is 14.1. The summed E-state index contributed by atoms with van der Waals surface area (Å²) in [6.07, 6.45) is 0. The molecule has 108 valence electrons. The van der Waals surface area contributed by atoms with E-state index in [9.17, 15) is 4.79 Å². The third-order valence-electron chi connectivity index (χ3n) is 4.55. The van der Waals surface area contributed by atoms with Crippen molar-refractivity contribution >= 4 is 34.2 Å². The van der Waals surface area contributed by atoms with E-state index in [1.807, 2.05) is 24.3 Å². The number of likely N-dealkylation sites (tertiary alicyclic amines) is 1. The van der Waals surface area contributed by atoms with Gasteiger partial charge in [-0.15, -0.1) is 0 Å². The number of rotatable bonds is 3. The largest absolute Gasteiger partial charge is 0.324 e. The van der Waals surface area contributed by atoms with Crippen molar-refractivity contribution in [2.75, 3.05) is 31.5 Å². The smallest absolute Gasteiger partial charge is 0.238 e. The summed E-state index contributed by atoms with van der Waals surface area (Å²) >= 11 is 2.25. The lowest BCUT2D eigenvalue weighted by molar-refractivity contribution is -0.117. The predicted molar refractivity (Wildman–Crippen MR) is 88.7 cm³/mol. The van der Waals surface area contributed by atoms with Crippen LogP contribution in [0, 0.1) is 15.4 Å². The first-order chi connectivity index (χ1) is 9.65. The van der Waals surface area contributed by atoms with Crippen LogP contribution in [0.15, 0.2) is 24.3 Å². The molecule has 3 atom stereocenters. The van der Waals surface area contributed by atoms with Crippen LogP contribution in [0.25, 0.3) is 0 Å². The van der Waals surface area contributed by atoms with Gasteiger partial charge in [-0.25, -0.2) is 0 Å². The van der Waals surface area contributed by atoms with Crippen LogP contribution in [0.4, 0.5) is 5.69 Å². The van der Waals surface area contributed by atoms with Crippen LogP contribution in [-0.4, -0.2) is 43.0 Å². The highest BCUT2D eigenvalue weighted by atomic mass is 127. The van der Waals surface area contributed by atoms with Crippen LogP contribution >= 0.6 is 22.6 Å². The highest BCUT2D eigenvalue weighted by Crippen LogP contribution is 2.32. The molecule has 1 aromatic carbocycles. The third-order valence-corrected chi connectivity index (χ3v) is 5.49. The molecular weight excluding hydrogens is 365 g/mol. The van der Waals surface area contributed by atoms with E-state index in [1.54, 1.807) is 0 Å². The fourth-order valence-electron chi connectivity index (χ4n) is 3.40. The monoisotopic (exact) mass is 385 g/mol. The molecule has 3 unspecified atom stereocenters. The quantitative estimate of drug-likeness (QED) is 0.780. The first-order valence-corrected chi connectivity index (χ1v) is 8.22. The second-order valence-electron chi connectivity index (χ2n) is 5.78. The van der Waals surface area contributed by atoms with Crippen LogP contribution in [0.3, 0.4) is 0 Å². The fraction of sp³-hybridized carbons (Fsp3) is 0.533. The molecule has 2 aliphatic heterocycles. The number of nitrogens with one attached hydrogen (secondary N) is 2. The summed E-state index contributed by atoms with van der Waals surface area (Å²) in [5.41, 5.74) is 0.909. The van der Waals surface area contributed by atoms with Crippen LogP contribution < -0.4 is 10.6 Å². The van der Waals surface area contributed by atoms with Gasteiger partial charge in [-0.3, -0.25) is 9.69 Å². The number of hydrogen-bond acceptors (Lipinski definition) is 3. The molecule has 1 aromatic rings. The van der Waals surface area contributed by atoms with E-state index >= 15 is 0 Å². The number of fused-ring (bicyclic) bond motifs is 1. The van der Waals surface area contributed by atoms with Crippen molar-refractivity contribution in [3.8, 4) is 0 Å². The normalized spacial score (nSPS) is 29.4. The van der Waals surface area contributed by atoms with Gasteiger partial charge in [0.05, 0.1) is 12.2 Å². The van der Waals surface area contributed by atoms with Crippen molar-refractivity contribution < 1.29 is 4.79 Å². The van der Waals surface area contributed by atoms with Gasteiger partial charge < -0.3 is 10.6 Å². The number of para-hydroxylation sites is 1. The maximum atomic E-state index is 12.2. The van der Waals surface area contributed by atoms with Crippen molar-refractivity contribution in [1.29, 1.82) is 0 Å². The Morgan fingerprint density at radius 1 is 1.45 bits per heavy atom. The van der Waals surface area contributed by atoms with Gasteiger partial charge >= 0.3 is 0 Å². The van der Waals surface area contributed by atoms with Crippen LogP contribution in [-0.2, 0) is 4.79 Å². The molecule has 2 aliphatic rings. The molecule has 0 aromatic heterocycles. The zero-order valence-corrected chi connectivity index (χ0v) is 13.8. The number of carbonyl (C=O) groups is 1. The summed E-state index contributed by atoms with van der Waals surface area (Å²) in [4.78, 5) is 14.5. The third kappa shape index (κ3) is 2.84. The second kappa shape index (κ2) is 5.99. The minimum Gasteiger partial charge on any atom is -0.324 e. The van der Waals surface area contributed by atoms with E-state index in [0.717, 1.165) is 34.8 Å². The van der Waals surface area contributed by atoms with Crippen molar-refractivity contribution in [1.82, 2.24) is 10.2 Å². The number of anilines is 1. The Bertz CT molecular complexity index is 508. The summed E-state index contributed by atoms with van der Waals surface area (Å²) < 4.78 is 1.08. The molecule has 2 N–H and O–H groups in total. The lowest BCUT2D eigenvalue weighted by Gasteiger charge is -2.23. The van der Waals surface area contributed by atoms with Gasteiger partial charge in [-0.2, -0.15) is 0 Å². The van der Waals surface area contributed by atoms with E-state index in [0.29, 0.717) is 18.5 Å². The van der Waals surface area contributed by atoms with Crippen LogP contribution in [0.1, 0.15) is 6.92 Å². The molecule has 2 fully saturated rings. The summed E-state index contributed by atoms with van der Waals surface area (Å²) in [5, 5.41) is 6.47. The zero-order chi connectivity index (χ0) is 14.1. The van der Waals surface area contributed by atoms with E-state index in [4.69, 9.17) is 0 Å². The Morgan fingerprint density at radius 2 is 2.25 bits per heavy atom. The number of hydrogen-bond donors (Lipinski definition) is 2.